The van der Waals surface area contributed by atoms with Crippen LogP contribution in [-0.2, 0) is 6.54 Å². The minimum Gasteiger partial charge on any atom is -0.468 e. The zero-order valence-corrected chi connectivity index (χ0v) is 11.2. The Labute approximate surface area is 98.8 Å². The lowest BCUT2D eigenvalue weighted by Crippen LogP contribution is -2.02. The van der Waals surface area contributed by atoms with E-state index in [1.165, 1.54) is 0 Å². The van der Waals surface area contributed by atoms with Crippen LogP contribution in [0.3, 0.4) is 0 Å². The second kappa shape index (κ2) is 5.92. The van der Waals surface area contributed by atoms with Crippen LogP contribution in [0.15, 0.2) is 6.20 Å². The van der Waals surface area contributed by atoms with E-state index in [-0.39, 0.29) is 0 Å². The van der Waals surface area contributed by atoms with Gasteiger partial charge in [0.15, 0.2) is 0 Å². The predicted molar refractivity (Wildman–Crippen MR) is 66.9 cm³/mol. The Kier molecular flexibility index (Phi) is 4.84. The molecular weight excluding hydrogens is 200 g/mol. The van der Waals surface area contributed by atoms with Crippen molar-refractivity contribution >= 4 is 0 Å². The van der Waals surface area contributed by atoms with Gasteiger partial charge in [-0.15, -0.1) is 0 Å². The van der Waals surface area contributed by atoms with Crippen LogP contribution in [0.4, 0.5) is 0 Å². The summed E-state index contributed by atoms with van der Waals surface area (Å²) in [5.74, 6) is 1.22. The van der Waals surface area contributed by atoms with E-state index in [2.05, 4.69) is 43.4 Å². The lowest BCUT2D eigenvalue weighted by molar-refractivity contribution is 0.349. The maximum absolute atomic E-state index is 5.30. The van der Waals surface area contributed by atoms with Crippen molar-refractivity contribution < 1.29 is 4.74 Å². The van der Waals surface area contributed by atoms with Gasteiger partial charge in [0, 0.05) is 12.7 Å². The Bertz CT molecular complexity index is 318. The van der Waals surface area contributed by atoms with E-state index in [0.29, 0.717) is 11.8 Å². The molecule has 0 aromatic carbocycles. The van der Waals surface area contributed by atoms with Gasteiger partial charge in [-0.25, -0.2) is 4.98 Å². The maximum atomic E-state index is 5.30. The third-order valence-electron chi connectivity index (χ3n) is 3.01. The predicted octanol–water partition coefficient (Wildman–Crippen LogP) is 3.45. The molecule has 1 unspecified atom stereocenters. The minimum absolute atomic E-state index is 0.509. The van der Waals surface area contributed by atoms with Crippen LogP contribution in [0.2, 0.25) is 0 Å². The second-order valence-corrected chi connectivity index (χ2v) is 4.84. The van der Waals surface area contributed by atoms with Gasteiger partial charge in [0.05, 0.1) is 12.8 Å². The fraction of sp³-hybridized carbons (Fsp3) is 0.769. The molecule has 16 heavy (non-hydrogen) atoms. The standard InChI is InChI=1S/C13H24N2O/c1-6-11(4)12-9-15(8-7-10(2)3)13(14-12)16-5/h9-11H,6-8H2,1-5H3. The van der Waals surface area contributed by atoms with Crippen LogP contribution < -0.4 is 4.74 Å². The number of aromatic nitrogens is 2. The smallest absolute Gasteiger partial charge is 0.296 e. The highest BCUT2D eigenvalue weighted by molar-refractivity contribution is 5.12. The average molecular weight is 224 g/mol. The molecule has 0 aliphatic carbocycles. The topological polar surface area (TPSA) is 27.1 Å². The number of nitrogens with zero attached hydrogens (tertiary/aromatic N) is 2. The van der Waals surface area contributed by atoms with Crippen molar-refractivity contribution in [2.75, 3.05) is 7.11 Å². The van der Waals surface area contributed by atoms with Gasteiger partial charge in [-0.3, -0.25) is 0 Å². The summed E-state index contributed by atoms with van der Waals surface area (Å²) < 4.78 is 7.43. The van der Waals surface area contributed by atoms with Gasteiger partial charge >= 0.3 is 0 Å². The first-order valence-electron chi connectivity index (χ1n) is 6.19. The Morgan fingerprint density at radius 3 is 2.56 bits per heavy atom. The molecule has 1 aromatic rings. The van der Waals surface area contributed by atoms with Crippen molar-refractivity contribution in [2.45, 2.75) is 53.0 Å². The van der Waals surface area contributed by atoms with Gasteiger partial charge < -0.3 is 9.30 Å². The van der Waals surface area contributed by atoms with Crippen molar-refractivity contribution in [2.24, 2.45) is 5.92 Å². The lowest BCUT2D eigenvalue weighted by Gasteiger charge is -2.07. The van der Waals surface area contributed by atoms with Crippen LogP contribution in [-0.4, -0.2) is 16.7 Å². The van der Waals surface area contributed by atoms with Crippen LogP contribution >= 0.6 is 0 Å². The summed E-state index contributed by atoms with van der Waals surface area (Å²) in [6, 6.07) is 0.746. The van der Waals surface area contributed by atoms with Crippen molar-refractivity contribution in [1.82, 2.24) is 9.55 Å². The first kappa shape index (κ1) is 13.1. The number of ether oxygens (including phenoxy) is 1. The molecule has 0 aliphatic heterocycles. The second-order valence-electron chi connectivity index (χ2n) is 4.84. The van der Waals surface area contributed by atoms with Crippen molar-refractivity contribution in [3.05, 3.63) is 11.9 Å². The number of methoxy groups -OCH3 is 1. The molecule has 0 N–H and O–H groups in total. The van der Waals surface area contributed by atoms with Gasteiger partial charge in [-0.2, -0.15) is 0 Å². The number of hydrogen-bond donors (Lipinski definition) is 0. The molecule has 0 saturated heterocycles. The number of imidazole rings is 1. The van der Waals surface area contributed by atoms with Crippen molar-refractivity contribution in [1.29, 1.82) is 0 Å². The normalized spacial score (nSPS) is 13.1. The monoisotopic (exact) mass is 224 g/mol. The molecule has 1 aromatic heterocycles. The molecule has 0 amide bonds. The Morgan fingerprint density at radius 1 is 1.38 bits per heavy atom. The molecule has 1 atom stereocenters. The first-order chi connectivity index (χ1) is 7.58. The Morgan fingerprint density at radius 2 is 2.06 bits per heavy atom. The van der Waals surface area contributed by atoms with E-state index < -0.39 is 0 Å². The largest absolute Gasteiger partial charge is 0.468 e. The fourth-order valence-corrected chi connectivity index (χ4v) is 1.59. The van der Waals surface area contributed by atoms with Crippen molar-refractivity contribution in [3.8, 4) is 6.01 Å². The molecule has 0 fully saturated rings. The molecule has 0 aliphatic rings. The van der Waals surface area contributed by atoms with Gasteiger partial charge in [-0.1, -0.05) is 27.7 Å². The summed E-state index contributed by atoms with van der Waals surface area (Å²) in [6.07, 6.45) is 4.41. The summed E-state index contributed by atoms with van der Waals surface area (Å²) >= 11 is 0. The minimum atomic E-state index is 0.509. The average Bonchev–Trinajstić information content (AvgIpc) is 2.68. The summed E-state index contributed by atoms with van der Waals surface area (Å²) in [5, 5.41) is 0. The van der Waals surface area contributed by atoms with Crippen LogP contribution in [0.1, 0.15) is 52.1 Å². The fourth-order valence-electron chi connectivity index (χ4n) is 1.59. The number of rotatable bonds is 6. The molecular formula is C13H24N2O. The number of aryl methyl sites for hydroxylation is 1. The van der Waals surface area contributed by atoms with Gasteiger partial charge in [0.1, 0.15) is 0 Å². The zero-order valence-electron chi connectivity index (χ0n) is 11.2. The highest BCUT2D eigenvalue weighted by Crippen LogP contribution is 2.22. The van der Waals surface area contributed by atoms with Crippen LogP contribution in [0.25, 0.3) is 0 Å². The van der Waals surface area contributed by atoms with Crippen molar-refractivity contribution in [3.63, 3.8) is 0 Å². The zero-order chi connectivity index (χ0) is 12.1. The summed E-state index contributed by atoms with van der Waals surface area (Å²) in [5.41, 5.74) is 1.14. The van der Waals surface area contributed by atoms with Gasteiger partial charge in [0.2, 0.25) is 0 Å². The highest BCUT2D eigenvalue weighted by atomic mass is 16.5. The molecule has 0 radical (unpaired) electrons. The van der Waals surface area contributed by atoms with E-state index in [9.17, 15) is 0 Å². The molecule has 0 saturated carbocycles. The Balaban J connectivity index is 2.78. The summed E-state index contributed by atoms with van der Waals surface area (Å²) in [7, 11) is 1.69. The summed E-state index contributed by atoms with van der Waals surface area (Å²) in [4.78, 5) is 4.52. The van der Waals surface area contributed by atoms with E-state index in [0.717, 1.165) is 31.1 Å². The van der Waals surface area contributed by atoms with Gasteiger partial charge in [-0.05, 0) is 24.7 Å². The Hall–Kier alpha value is -0.990. The third kappa shape index (κ3) is 3.26. The molecule has 3 nitrogen and oxygen atoms in total. The molecule has 1 heterocycles. The SMILES string of the molecule is CCC(C)c1cn(CCC(C)C)c(OC)n1. The molecule has 0 bridgehead atoms. The molecule has 3 heteroatoms. The number of hydrogen-bond acceptors (Lipinski definition) is 2. The highest BCUT2D eigenvalue weighted by Gasteiger charge is 2.12. The van der Waals surface area contributed by atoms with Crippen LogP contribution in [0, 0.1) is 5.92 Å². The first-order valence-corrected chi connectivity index (χ1v) is 6.19. The lowest BCUT2D eigenvalue weighted by atomic mass is 10.1. The molecule has 1 rings (SSSR count). The van der Waals surface area contributed by atoms with E-state index in [1.807, 2.05) is 0 Å². The van der Waals surface area contributed by atoms with E-state index in [1.54, 1.807) is 7.11 Å². The third-order valence-corrected chi connectivity index (χ3v) is 3.01. The quantitative estimate of drug-likeness (QED) is 0.740. The van der Waals surface area contributed by atoms with E-state index >= 15 is 0 Å². The maximum Gasteiger partial charge on any atom is 0.296 e. The molecule has 92 valence electrons. The summed E-state index contributed by atoms with van der Waals surface area (Å²) in [6.45, 7) is 9.85. The van der Waals surface area contributed by atoms with Gasteiger partial charge in [0.25, 0.3) is 6.01 Å². The van der Waals surface area contributed by atoms with E-state index in [4.69, 9.17) is 4.74 Å². The molecule has 0 spiro atoms. The van der Waals surface area contributed by atoms with Crippen LogP contribution in [0.5, 0.6) is 6.01 Å².